The van der Waals surface area contributed by atoms with Crippen LogP contribution < -0.4 is 5.32 Å². The zero-order chi connectivity index (χ0) is 16.3. The normalized spacial score (nSPS) is 17.9. The number of carbonyl (C=O) groups excluding carboxylic acids is 2. The summed E-state index contributed by atoms with van der Waals surface area (Å²) in [6, 6.07) is 3.74. The van der Waals surface area contributed by atoms with Crippen molar-refractivity contribution in [3.8, 4) is 0 Å². The van der Waals surface area contributed by atoms with E-state index in [2.05, 4.69) is 5.32 Å². The van der Waals surface area contributed by atoms with Gasteiger partial charge in [-0.3, -0.25) is 9.59 Å². The highest BCUT2D eigenvalue weighted by Crippen LogP contribution is 2.26. The lowest BCUT2D eigenvalue weighted by molar-refractivity contribution is -0.143. The molecule has 0 radical (unpaired) electrons. The Morgan fingerprint density at radius 2 is 2.05 bits per heavy atom. The first-order valence-electron chi connectivity index (χ1n) is 7.01. The summed E-state index contributed by atoms with van der Waals surface area (Å²) in [5.74, 6) is -1.70. The standard InChI is InChI=1S/C15H17ClN2O4/c1-9(19)17-10-5-6-12(16)11(8-10)14(20)18-7-3-2-4-13(18)15(21)22/h5-6,8,13H,2-4,7H2,1H3,(H,17,19)(H,21,22)/t13-/m0/s1. The van der Waals surface area contributed by atoms with Crippen molar-refractivity contribution >= 4 is 35.1 Å². The summed E-state index contributed by atoms with van der Waals surface area (Å²) >= 11 is 6.07. The Balaban J connectivity index is 2.31. The van der Waals surface area contributed by atoms with Crippen LogP contribution in [0.15, 0.2) is 18.2 Å². The monoisotopic (exact) mass is 324 g/mol. The molecule has 1 aromatic rings. The van der Waals surface area contributed by atoms with E-state index in [4.69, 9.17) is 11.6 Å². The highest BCUT2D eigenvalue weighted by molar-refractivity contribution is 6.34. The molecule has 2 N–H and O–H groups in total. The predicted octanol–water partition coefficient (Wildman–Crippen LogP) is 2.38. The molecule has 1 atom stereocenters. The topological polar surface area (TPSA) is 86.7 Å². The summed E-state index contributed by atoms with van der Waals surface area (Å²) < 4.78 is 0. The fourth-order valence-electron chi connectivity index (χ4n) is 2.56. The van der Waals surface area contributed by atoms with Crippen LogP contribution in [-0.2, 0) is 9.59 Å². The molecule has 2 rings (SSSR count). The van der Waals surface area contributed by atoms with E-state index >= 15 is 0 Å². The van der Waals surface area contributed by atoms with E-state index in [0.717, 1.165) is 12.8 Å². The van der Waals surface area contributed by atoms with Crippen LogP contribution in [0.3, 0.4) is 0 Å². The number of aliphatic carboxylic acids is 1. The number of nitrogens with one attached hydrogen (secondary N) is 1. The van der Waals surface area contributed by atoms with Gasteiger partial charge in [-0.15, -0.1) is 0 Å². The average Bonchev–Trinajstić information content (AvgIpc) is 2.48. The largest absolute Gasteiger partial charge is 0.480 e. The number of halogens is 1. The zero-order valence-electron chi connectivity index (χ0n) is 12.1. The Bertz CT molecular complexity index is 618. The van der Waals surface area contributed by atoms with Gasteiger partial charge in [-0.2, -0.15) is 0 Å². The highest BCUT2D eigenvalue weighted by Gasteiger charge is 2.33. The van der Waals surface area contributed by atoms with Crippen LogP contribution in [0.4, 0.5) is 5.69 Å². The number of hydrogen-bond acceptors (Lipinski definition) is 3. The third-order valence-corrected chi connectivity index (χ3v) is 3.90. The molecule has 7 heteroatoms. The van der Waals surface area contributed by atoms with Crippen LogP contribution in [0.2, 0.25) is 5.02 Å². The van der Waals surface area contributed by atoms with Crippen molar-refractivity contribution in [3.05, 3.63) is 28.8 Å². The summed E-state index contributed by atoms with van der Waals surface area (Å²) in [6.07, 6.45) is 1.98. The fraction of sp³-hybridized carbons (Fsp3) is 0.400. The van der Waals surface area contributed by atoms with E-state index in [0.29, 0.717) is 18.7 Å². The molecule has 0 saturated carbocycles. The maximum absolute atomic E-state index is 12.6. The van der Waals surface area contributed by atoms with Gasteiger partial charge in [0.2, 0.25) is 5.91 Å². The van der Waals surface area contributed by atoms with Crippen molar-refractivity contribution in [3.63, 3.8) is 0 Å². The van der Waals surface area contributed by atoms with Gasteiger partial charge in [-0.05, 0) is 37.5 Å². The summed E-state index contributed by atoms with van der Waals surface area (Å²) in [5, 5.41) is 12.1. The summed E-state index contributed by atoms with van der Waals surface area (Å²) in [7, 11) is 0. The fourth-order valence-corrected chi connectivity index (χ4v) is 2.75. The van der Waals surface area contributed by atoms with Gasteiger partial charge in [-0.1, -0.05) is 11.6 Å². The van der Waals surface area contributed by atoms with Crippen molar-refractivity contribution in [1.29, 1.82) is 0 Å². The molecule has 0 aromatic heterocycles. The molecule has 1 aliphatic heterocycles. The second-order valence-corrected chi connectivity index (χ2v) is 5.63. The van der Waals surface area contributed by atoms with Crippen LogP contribution in [0.5, 0.6) is 0 Å². The summed E-state index contributed by atoms with van der Waals surface area (Å²) in [5.41, 5.74) is 0.644. The molecule has 6 nitrogen and oxygen atoms in total. The highest BCUT2D eigenvalue weighted by atomic mass is 35.5. The Morgan fingerprint density at radius 3 is 2.68 bits per heavy atom. The molecule has 0 spiro atoms. The van der Waals surface area contributed by atoms with Gasteiger partial charge in [0.15, 0.2) is 0 Å². The average molecular weight is 325 g/mol. The van der Waals surface area contributed by atoms with Gasteiger partial charge >= 0.3 is 5.97 Å². The van der Waals surface area contributed by atoms with Gasteiger partial charge in [0.1, 0.15) is 6.04 Å². The Labute approximate surface area is 133 Å². The maximum Gasteiger partial charge on any atom is 0.326 e. The van der Waals surface area contributed by atoms with Crippen molar-refractivity contribution in [2.45, 2.75) is 32.2 Å². The number of carboxylic acids is 1. The third-order valence-electron chi connectivity index (χ3n) is 3.57. The van der Waals surface area contributed by atoms with Crippen molar-refractivity contribution in [2.24, 2.45) is 0 Å². The number of carboxylic acid groups (broad SMARTS) is 1. The van der Waals surface area contributed by atoms with Crippen molar-refractivity contribution in [2.75, 3.05) is 11.9 Å². The molecule has 0 unspecified atom stereocenters. The molecule has 22 heavy (non-hydrogen) atoms. The zero-order valence-corrected chi connectivity index (χ0v) is 12.9. The molecule has 1 aromatic carbocycles. The van der Waals surface area contributed by atoms with Gasteiger partial charge in [0.25, 0.3) is 5.91 Å². The van der Waals surface area contributed by atoms with Gasteiger partial charge in [-0.25, -0.2) is 4.79 Å². The first-order valence-corrected chi connectivity index (χ1v) is 7.39. The Morgan fingerprint density at radius 1 is 1.32 bits per heavy atom. The molecule has 118 valence electrons. The second kappa shape index (κ2) is 6.79. The lowest BCUT2D eigenvalue weighted by Gasteiger charge is -2.33. The van der Waals surface area contributed by atoms with Crippen LogP contribution in [0.25, 0.3) is 0 Å². The second-order valence-electron chi connectivity index (χ2n) is 5.22. The number of carbonyl (C=O) groups is 3. The van der Waals surface area contributed by atoms with Crippen LogP contribution in [0, 0.1) is 0 Å². The molecular formula is C15H17ClN2O4. The van der Waals surface area contributed by atoms with E-state index in [-0.39, 0.29) is 16.5 Å². The summed E-state index contributed by atoms with van der Waals surface area (Å²) in [6.45, 7) is 1.75. The number of hydrogen-bond donors (Lipinski definition) is 2. The molecule has 1 saturated heterocycles. The Hall–Kier alpha value is -2.08. The quantitative estimate of drug-likeness (QED) is 0.893. The van der Waals surface area contributed by atoms with Gasteiger partial charge in [0, 0.05) is 19.2 Å². The SMILES string of the molecule is CC(=O)Nc1ccc(Cl)c(C(=O)N2CCCC[C@H]2C(=O)O)c1. The van der Waals surface area contributed by atoms with Crippen LogP contribution in [0.1, 0.15) is 36.5 Å². The molecule has 2 amide bonds. The number of amides is 2. The number of rotatable bonds is 3. The predicted molar refractivity (Wildman–Crippen MR) is 82.1 cm³/mol. The number of likely N-dealkylation sites (tertiary alicyclic amines) is 1. The van der Waals surface area contributed by atoms with E-state index < -0.39 is 17.9 Å². The number of anilines is 1. The molecule has 1 fully saturated rings. The Kier molecular flexibility index (Phi) is 5.03. The number of piperidine rings is 1. The minimum atomic E-state index is -1.01. The number of benzene rings is 1. The molecule has 1 aliphatic rings. The van der Waals surface area contributed by atoms with Crippen molar-refractivity contribution < 1.29 is 19.5 Å². The van der Waals surface area contributed by atoms with E-state index in [9.17, 15) is 19.5 Å². The van der Waals surface area contributed by atoms with Crippen molar-refractivity contribution in [1.82, 2.24) is 4.90 Å². The summed E-state index contributed by atoms with van der Waals surface area (Å²) in [4.78, 5) is 36.4. The van der Waals surface area contributed by atoms with E-state index in [1.807, 2.05) is 0 Å². The molecular weight excluding hydrogens is 308 g/mol. The molecule has 0 bridgehead atoms. The lowest BCUT2D eigenvalue weighted by Crippen LogP contribution is -2.48. The lowest BCUT2D eigenvalue weighted by atomic mass is 10.0. The third kappa shape index (κ3) is 3.57. The molecule has 0 aliphatic carbocycles. The molecule has 1 heterocycles. The minimum Gasteiger partial charge on any atom is -0.480 e. The minimum absolute atomic E-state index is 0.195. The first kappa shape index (κ1) is 16.3. The van der Waals surface area contributed by atoms with E-state index in [1.54, 1.807) is 6.07 Å². The van der Waals surface area contributed by atoms with E-state index in [1.165, 1.54) is 24.0 Å². The smallest absolute Gasteiger partial charge is 0.326 e. The van der Waals surface area contributed by atoms with Crippen LogP contribution >= 0.6 is 11.6 Å². The first-order chi connectivity index (χ1) is 10.4. The maximum atomic E-state index is 12.6. The number of nitrogens with zero attached hydrogens (tertiary/aromatic N) is 1. The van der Waals surface area contributed by atoms with Crippen LogP contribution in [-0.4, -0.2) is 40.4 Å². The van der Waals surface area contributed by atoms with Gasteiger partial charge in [0.05, 0.1) is 10.6 Å². The van der Waals surface area contributed by atoms with Gasteiger partial charge < -0.3 is 15.3 Å².